The third-order valence-electron chi connectivity index (χ3n) is 3.65. The van der Waals surface area contributed by atoms with E-state index >= 15 is 0 Å². The number of ether oxygens (including phenoxy) is 1. The van der Waals surface area contributed by atoms with E-state index < -0.39 is 6.10 Å². The van der Waals surface area contributed by atoms with Gasteiger partial charge in [0.25, 0.3) is 5.91 Å². The Hall–Kier alpha value is -2.53. The molecule has 1 heterocycles. The first-order chi connectivity index (χ1) is 10.7. The predicted octanol–water partition coefficient (Wildman–Crippen LogP) is 2.12. The largest absolute Gasteiger partial charge is 0.474 e. The highest BCUT2D eigenvalue weighted by molar-refractivity contribution is 6.01. The van der Waals surface area contributed by atoms with Crippen molar-refractivity contribution in [3.8, 4) is 5.75 Å². The third-order valence-corrected chi connectivity index (χ3v) is 3.65. The number of anilines is 2. The standard InChI is InChI=1S/C17H18N2O3/c18-13-7-8-15-14(11-13)19(9-4-10-20)17(21)16(22-15)12-5-2-1-3-6-12/h1-3,5-8,11,16,20H,4,9-10,18H2. The number of amides is 1. The van der Waals surface area contributed by atoms with Crippen LogP contribution in [0.2, 0.25) is 0 Å². The van der Waals surface area contributed by atoms with Crippen LogP contribution in [-0.4, -0.2) is 24.2 Å². The van der Waals surface area contributed by atoms with Gasteiger partial charge in [0.2, 0.25) is 6.10 Å². The van der Waals surface area contributed by atoms with Crippen LogP contribution in [0.5, 0.6) is 5.75 Å². The number of carbonyl (C=O) groups is 1. The average molecular weight is 298 g/mol. The van der Waals surface area contributed by atoms with E-state index in [4.69, 9.17) is 15.6 Å². The molecular formula is C17H18N2O3. The van der Waals surface area contributed by atoms with Crippen molar-refractivity contribution in [1.29, 1.82) is 0 Å². The molecule has 0 aliphatic carbocycles. The zero-order chi connectivity index (χ0) is 15.5. The van der Waals surface area contributed by atoms with Crippen LogP contribution in [0, 0.1) is 0 Å². The molecule has 1 unspecified atom stereocenters. The van der Waals surface area contributed by atoms with Gasteiger partial charge in [-0.3, -0.25) is 4.79 Å². The maximum atomic E-state index is 12.8. The molecule has 0 saturated heterocycles. The molecule has 5 nitrogen and oxygen atoms in total. The van der Waals surface area contributed by atoms with Crippen LogP contribution in [0.3, 0.4) is 0 Å². The molecule has 22 heavy (non-hydrogen) atoms. The summed E-state index contributed by atoms with van der Waals surface area (Å²) in [5.74, 6) is 0.485. The lowest BCUT2D eigenvalue weighted by Crippen LogP contribution is -2.42. The van der Waals surface area contributed by atoms with Crippen LogP contribution < -0.4 is 15.4 Å². The van der Waals surface area contributed by atoms with Crippen molar-refractivity contribution in [2.24, 2.45) is 0 Å². The number of benzene rings is 2. The number of rotatable bonds is 4. The number of carbonyl (C=O) groups excluding carboxylic acids is 1. The van der Waals surface area contributed by atoms with Gasteiger partial charge in [-0.25, -0.2) is 0 Å². The second-order valence-corrected chi connectivity index (χ2v) is 5.20. The summed E-state index contributed by atoms with van der Waals surface area (Å²) in [6, 6.07) is 14.6. The molecule has 1 aliphatic rings. The highest BCUT2D eigenvalue weighted by atomic mass is 16.5. The highest BCUT2D eigenvalue weighted by Crippen LogP contribution is 2.40. The van der Waals surface area contributed by atoms with Gasteiger partial charge in [-0.05, 0) is 24.6 Å². The van der Waals surface area contributed by atoms with Gasteiger partial charge in [0.1, 0.15) is 5.75 Å². The lowest BCUT2D eigenvalue weighted by atomic mass is 10.0. The number of nitrogens with zero attached hydrogens (tertiary/aromatic N) is 1. The van der Waals surface area contributed by atoms with Crippen LogP contribution in [0.15, 0.2) is 48.5 Å². The highest BCUT2D eigenvalue weighted by Gasteiger charge is 2.35. The molecule has 2 aromatic rings. The molecule has 0 fully saturated rings. The Morgan fingerprint density at radius 1 is 1.18 bits per heavy atom. The molecular weight excluding hydrogens is 280 g/mol. The van der Waals surface area contributed by atoms with Crippen molar-refractivity contribution in [2.75, 3.05) is 23.8 Å². The maximum Gasteiger partial charge on any atom is 0.272 e. The minimum absolute atomic E-state index is 0.0261. The summed E-state index contributed by atoms with van der Waals surface area (Å²) in [7, 11) is 0. The summed E-state index contributed by atoms with van der Waals surface area (Å²) in [5.41, 5.74) is 7.86. The maximum absolute atomic E-state index is 12.8. The number of nitrogen functional groups attached to an aromatic ring is 1. The Morgan fingerprint density at radius 2 is 1.95 bits per heavy atom. The van der Waals surface area contributed by atoms with Gasteiger partial charge in [-0.2, -0.15) is 0 Å². The monoisotopic (exact) mass is 298 g/mol. The number of nitrogens with two attached hydrogens (primary N) is 1. The molecule has 0 aromatic heterocycles. The number of aliphatic hydroxyl groups excluding tert-OH is 1. The van der Waals surface area contributed by atoms with E-state index in [0.717, 1.165) is 5.56 Å². The zero-order valence-electron chi connectivity index (χ0n) is 12.1. The van der Waals surface area contributed by atoms with E-state index in [-0.39, 0.29) is 12.5 Å². The third kappa shape index (κ3) is 2.63. The van der Waals surface area contributed by atoms with Gasteiger partial charge < -0.3 is 20.5 Å². The van der Waals surface area contributed by atoms with Crippen LogP contribution in [-0.2, 0) is 4.79 Å². The molecule has 0 spiro atoms. The normalized spacial score (nSPS) is 17.0. The van der Waals surface area contributed by atoms with E-state index in [1.165, 1.54) is 0 Å². The smallest absolute Gasteiger partial charge is 0.272 e. The van der Waals surface area contributed by atoms with Crippen LogP contribution in [0.25, 0.3) is 0 Å². The van der Waals surface area contributed by atoms with Gasteiger partial charge in [0.15, 0.2) is 0 Å². The molecule has 1 atom stereocenters. The molecule has 0 radical (unpaired) electrons. The molecule has 114 valence electrons. The number of aliphatic hydroxyl groups is 1. The van der Waals surface area contributed by atoms with Gasteiger partial charge in [0.05, 0.1) is 5.69 Å². The molecule has 0 saturated carbocycles. The fraction of sp³-hybridized carbons (Fsp3) is 0.235. The fourth-order valence-corrected chi connectivity index (χ4v) is 2.58. The van der Waals surface area contributed by atoms with E-state index in [2.05, 4.69) is 0 Å². The Bertz CT molecular complexity index is 673. The topological polar surface area (TPSA) is 75.8 Å². The lowest BCUT2D eigenvalue weighted by molar-refractivity contribution is -0.126. The summed E-state index contributed by atoms with van der Waals surface area (Å²) in [6.07, 6.45) is -0.169. The Morgan fingerprint density at radius 3 is 2.68 bits per heavy atom. The van der Waals surface area contributed by atoms with Gasteiger partial charge in [0, 0.05) is 24.4 Å². The number of fused-ring (bicyclic) bond motifs is 1. The van der Waals surface area contributed by atoms with E-state index in [1.807, 2.05) is 30.3 Å². The van der Waals surface area contributed by atoms with Crippen molar-refractivity contribution in [2.45, 2.75) is 12.5 Å². The van der Waals surface area contributed by atoms with E-state index in [0.29, 0.717) is 30.1 Å². The Kier molecular flexibility index (Phi) is 3.98. The average Bonchev–Trinajstić information content (AvgIpc) is 2.54. The lowest BCUT2D eigenvalue weighted by Gasteiger charge is -2.34. The summed E-state index contributed by atoms with van der Waals surface area (Å²) in [5, 5.41) is 9.07. The van der Waals surface area contributed by atoms with Crippen LogP contribution in [0.4, 0.5) is 11.4 Å². The van der Waals surface area contributed by atoms with Gasteiger partial charge in [-0.15, -0.1) is 0 Å². The first kappa shape index (κ1) is 14.4. The first-order valence-corrected chi connectivity index (χ1v) is 7.24. The minimum Gasteiger partial charge on any atom is -0.474 e. The van der Waals surface area contributed by atoms with Gasteiger partial charge in [-0.1, -0.05) is 30.3 Å². The molecule has 3 rings (SSSR count). The summed E-state index contributed by atoms with van der Waals surface area (Å²) in [6.45, 7) is 0.455. The molecule has 3 N–H and O–H groups in total. The molecule has 5 heteroatoms. The SMILES string of the molecule is Nc1ccc2c(c1)N(CCCO)C(=O)C(c1ccccc1)O2. The van der Waals surface area contributed by atoms with Crippen LogP contribution in [0.1, 0.15) is 18.1 Å². The van der Waals surface area contributed by atoms with Crippen molar-refractivity contribution >= 4 is 17.3 Å². The fourth-order valence-electron chi connectivity index (χ4n) is 2.58. The van der Waals surface area contributed by atoms with E-state index in [1.54, 1.807) is 23.1 Å². The summed E-state index contributed by atoms with van der Waals surface area (Å²) < 4.78 is 5.89. The Balaban J connectivity index is 2.01. The molecule has 2 aromatic carbocycles. The number of hydrogen-bond donors (Lipinski definition) is 2. The summed E-state index contributed by atoms with van der Waals surface area (Å²) >= 11 is 0. The zero-order valence-corrected chi connectivity index (χ0v) is 12.1. The van der Waals surface area contributed by atoms with E-state index in [9.17, 15) is 4.79 Å². The van der Waals surface area contributed by atoms with Crippen molar-refractivity contribution in [1.82, 2.24) is 0 Å². The molecule has 0 bridgehead atoms. The molecule has 1 amide bonds. The van der Waals surface area contributed by atoms with Crippen molar-refractivity contribution in [3.05, 3.63) is 54.1 Å². The van der Waals surface area contributed by atoms with Crippen molar-refractivity contribution in [3.63, 3.8) is 0 Å². The van der Waals surface area contributed by atoms with Crippen LogP contribution >= 0.6 is 0 Å². The summed E-state index contributed by atoms with van der Waals surface area (Å²) in [4.78, 5) is 14.4. The Labute approximate surface area is 128 Å². The second-order valence-electron chi connectivity index (χ2n) is 5.20. The molecule has 1 aliphatic heterocycles. The quantitative estimate of drug-likeness (QED) is 0.848. The minimum atomic E-state index is -0.670. The second kappa shape index (κ2) is 6.07. The number of hydrogen-bond acceptors (Lipinski definition) is 4. The first-order valence-electron chi connectivity index (χ1n) is 7.24. The van der Waals surface area contributed by atoms with Gasteiger partial charge >= 0.3 is 0 Å². The van der Waals surface area contributed by atoms with Crippen molar-refractivity contribution < 1.29 is 14.6 Å². The predicted molar refractivity (Wildman–Crippen MR) is 84.7 cm³/mol.